The molecule has 11 N–H and O–H groups in total. The maximum atomic E-state index is 13.6. The summed E-state index contributed by atoms with van der Waals surface area (Å²) in [5.74, 6) is -8.31. The number of halogens is 6. The summed E-state index contributed by atoms with van der Waals surface area (Å²) >= 11 is 6.88. The molecule has 150 heavy (non-hydrogen) atoms. The molecule has 18 rings (SSSR count). The number of amides is 8. The molecule has 0 fully saturated rings. The van der Waals surface area contributed by atoms with E-state index in [0.717, 1.165) is 67.6 Å². The van der Waals surface area contributed by atoms with Gasteiger partial charge in [0, 0.05) is 85.1 Å². The number of fused-ring (bicyclic) bond motifs is 4. The van der Waals surface area contributed by atoms with E-state index in [0.29, 0.717) is 85.2 Å². The van der Waals surface area contributed by atoms with Crippen LogP contribution in [0.3, 0.4) is 0 Å². The number of nitrogens with zero attached hydrogens (tertiary/aromatic N) is 8. The molecule has 40 heteroatoms. The topological polar surface area (TPSA) is 493 Å². The minimum Gasteiger partial charge on any atom is -0.478 e. The summed E-state index contributed by atoms with van der Waals surface area (Å²) in [5, 5.41) is 52.0. The van der Waals surface area contributed by atoms with Gasteiger partial charge in [-0.1, -0.05) is 141 Å². The first-order valence-electron chi connectivity index (χ1n) is 46.8. The molecule has 4 aromatic heterocycles. The number of carboxylic acids is 1. The summed E-state index contributed by atoms with van der Waals surface area (Å²) in [7, 11) is 0. The molecule has 0 saturated carbocycles. The SMILES string of the molecule is CCOC(=O)c1ccc2c(c1)C[C@@H](OC(=O)c1ccccc1)[C@@H]2NC(=O)c1cc(C(=O)NCc2ccc(F)c(C)c2)ncn1.Cc1cc(CNC(=O)c2cc(C(=O)N[C@@H]3c4ccc(Br)cc4C[C@@H]3O)ncn2)ccc1F.Cc1cc(CNC(=O)c2cc(C(=O)N[C@@H]3c4ccc(Br)cc4C[C@H]3OC(=O)c3ccccc3)ncn2)ccc1F.Cc1cc(CNC(=O)c2cc(C(=O)N[C@@H]3c4ccc(C(=O)O)cc4C[C@H]3O)ncn2)ccc1F. The van der Waals surface area contributed by atoms with Gasteiger partial charge in [-0.15, -0.1) is 0 Å². The fourth-order valence-electron chi connectivity index (χ4n) is 17.0. The van der Waals surface area contributed by atoms with E-state index in [1.54, 1.807) is 162 Å². The zero-order valence-electron chi connectivity index (χ0n) is 80.5. The number of benzene rings is 10. The lowest BCUT2D eigenvalue weighted by Crippen LogP contribution is -2.37. The molecule has 8 atom stereocenters. The van der Waals surface area contributed by atoms with Gasteiger partial charge in [-0.2, -0.15) is 0 Å². The van der Waals surface area contributed by atoms with Crippen LogP contribution >= 0.6 is 31.9 Å². The van der Waals surface area contributed by atoms with Gasteiger partial charge < -0.3 is 72.1 Å². The van der Waals surface area contributed by atoms with Crippen LogP contribution < -0.4 is 42.5 Å². The van der Waals surface area contributed by atoms with Crippen molar-refractivity contribution in [2.45, 2.75) is 135 Å². The number of ether oxygens (including phenoxy) is 3. The van der Waals surface area contributed by atoms with Crippen LogP contribution in [0.5, 0.6) is 0 Å². The highest BCUT2D eigenvalue weighted by atomic mass is 79.9. The van der Waals surface area contributed by atoms with Crippen molar-refractivity contribution in [2.24, 2.45) is 0 Å². The van der Waals surface area contributed by atoms with Crippen molar-refractivity contribution in [1.82, 2.24) is 82.4 Å². The molecule has 8 amide bonds. The molecule has 0 spiro atoms. The van der Waals surface area contributed by atoms with Crippen molar-refractivity contribution in [1.29, 1.82) is 0 Å². The Hall–Kier alpha value is -17.2. The van der Waals surface area contributed by atoms with E-state index >= 15 is 0 Å². The predicted octanol–water partition coefficient (Wildman–Crippen LogP) is 14.1. The van der Waals surface area contributed by atoms with Crippen LogP contribution in [0, 0.1) is 51.0 Å². The van der Waals surface area contributed by atoms with Crippen molar-refractivity contribution in [3.63, 3.8) is 0 Å². The summed E-state index contributed by atoms with van der Waals surface area (Å²) in [6.45, 7) is 9.11. The van der Waals surface area contributed by atoms with Crippen LogP contribution in [-0.2, 0) is 66.1 Å². The van der Waals surface area contributed by atoms with Gasteiger partial charge in [-0.25, -0.2) is 76.6 Å². The fraction of sp³-hybridized carbons (Fsp3) is 0.200. The third kappa shape index (κ3) is 27.0. The van der Waals surface area contributed by atoms with E-state index in [-0.39, 0.29) is 120 Å². The largest absolute Gasteiger partial charge is 0.478 e. The van der Waals surface area contributed by atoms with Crippen LogP contribution in [0.1, 0.15) is 245 Å². The fourth-order valence-corrected chi connectivity index (χ4v) is 17.9. The molecule has 764 valence electrons. The third-order valence-electron chi connectivity index (χ3n) is 24.7. The van der Waals surface area contributed by atoms with Gasteiger partial charge in [-0.3, -0.25) is 38.4 Å². The zero-order valence-corrected chi connectivity index (χ0v) is 83.7. The molecule has 34 nitrogen and oxygen atoms in total. The Morgan fingerprint density at radius 2 is 0.587 bits per heavy atom. The molecule has 0 unspecified atom stereocenters. The van der Waals surface area contributed by atoms with Gasteiger partial charge in [0.2, 0.25) is 0 Å². The number of hydrogen-bond donors (Lipinski definition) is 11. The Bertz CT molecular complexity index is 7570. The number of rotatable bonds is 27. The van der Waals surface area contributed by atoms with Crippen LogP contribution in [0.15, 0.2) is 265 Å². The molecule has 0 saturated heterocycles. The van der Waals surface area contributed by atoms with E-state index in [4.69, 9.17) is 19.3 Å². The average molecular weight is 2160 g/mol. The first-order valence-corrected chi connectivity index (χ1v) is 48.4. The van der Waals surface area contributed by atoms with Gasteiger partial charge in [0.1, 0.15) is 106 Å². The number of aliphatic hydroxyl groups excluding tert-OH is 2. The maximum Gasteiger partial charge on any atom is 0.338 e. The standard InChI is InChI=1S/C33H29FN4O6.C30H24BrFN4O4.C24H21FN4O5.C23H20BrFN4O3/c1-3-43-32(41)22-10-11-24-23(14-22)15-28(44-33(42)21-7-5-4-6-8-21)29(24)38-31(40)27-16-26(36-18-37-27)30(39)35-17-20-9-12-25(34)19(2)13-20;1-17-11-18(7-10-23(17)32)15-33-28(37)24-14-25(35-16-34-24)29(38)36-27-22-9-8-21(31)12-20(22)13-26(27)40-30(39)19-5-3-2-4-6-19;1-12-6-13(2-5-17(12)25)10-26-22(31)18-9-19(28-11-27-18)23(32)29-21-16-4-3-14(24(33)34)7-15(16)8-20(21)30;1-12-6-13(2-5-17(12)25)10-26-22(31)18-9-19(28-11-27-18)23(32)29-21-16-4-3-15(24)7-14(16)8-20(21)30/h4-14,16,18,28-29H,3,15,17H2,1-2H3,(H,35,39)(H,38,40);2-12,14,16,26-27H,13,15H2,1H3,(H,33,37)(H,36,38);2-7,9,11,20-21,30H,8,10H2,1H3,(H,26,31)(H,29,32)(H,33,34);2-7,9,11,20-21,30H,8,10H2,1H3,(H,26,31)(H,29,32)/t28-,29-;26-,27-;20-,21-;20-,21+/m1110/s1. The van der Waals surface area contributed by atoms with Gasteiger partial charge in [0.25, 0.3) is 47.3 Å². The number of aromatic nitrogens is 8. The molecule has 4 aliphatic carbocycles. The summed E-state index contributed by atoms with van der Waals surface area (Å²) in [6.07, 6.45) is 2.62. The molecule has 10 aromatic carbocycles. The van der Waals surface area contributed by atoms with Crippen LogP contribution in [0.25, 0.3) is 0 Å². The quantitative estimate of drug-likeness (QED) is 0.0129. The van der Waals surface area contributed by atoms with Crippen molar-refractivity contribution >= 4 is 103 Å². The Morgan fingerprint density at radius 1 is 0.313 bits per heavy atom. The number of nitrogens with one attached hydrogen (secondary N) is 8. The summed E-state index contributed by atoms with van der Waals surface area (Å²) in [6, 6.07) is 58.3. The number of aromatic carboxylic acids is 1. The van der Waals surface area contributed by atoms with Crippen LogP contribution in [-0.4, -0.2) is 157 Å². The molecular weight excluding hydrogens is 2070 g/mol. The smallest absolute Gasteiger partial charge is 0.338 e. The second kappa shape index (κ2) is 48.8. The highest BCUT2D eigenvalue weighted by molar-refractivity contribution is 9.10. The molecule has 4 aliphatic rings. The molecule has 0 radical (unpaired) electrons. The summed E-state index contributed by atoms with van der Waals surface area (Å²) in [5.41, 5.74) is 11.9. The lowest BCUT2D eigenvalue weighted by molar-refractivity contribution is 0.0224. The number of carbonyl (C=O) groups excluding carboxylic acids is 11. The Kier molecular flexibility index (Phi) is 34.8. The molecule has 14 aromatic rings. The lowest BCUT2D eigenvalue weighted by Gasteiger charge is -2.22. The second-order valence-corrected chi connectivity index (χ2v) is 37.0. The Labute approximate surface area is 871 Å². The molecular formula is C110H94Br2F4N16O18. The number of hydrogen-bond acceptors (Lipinski definition) is 25. The predicted molar refractivity (Wildman–Crippen MR) is 540 cm³/mol. The van der Waals surface area contributed by atoms with Crippen LogP contribution in [0.4, 0.5) is 17.6 Å². The monoisotopic (exact) mass is 2160 g/mol. The molecule has 0 bridgehead atoms. The second-order valence-electron chi connectivity index (χ2n) is 35.1. The zero-order chi connectivity index (χ0) is 107. The van der Waals surface area contributed by atoms with Gasteiger partial charge in [0.05, 0.1) is 65.2 Å². The van der Waals surface area contributed by atoms with E-state index in [9.17, 15) is 85.3 Å². The number of aliphatic hydroxyl groups is 2. The minimum atomic E-state index is -1.08. The maximum absolute atomic E-state index is 13.6. The minimum absolute atomic E-state index is 0.00166. The molecule has 0 aliphatic heterocycles. The number of aryl methyl sites for hydroxylation is 4. The highest BCUT2D eigenvalue weighted by Crippen LogP contribution is 2.40. The van der Waals surface area contributed by atoms with Crippen molar-refractivity contribution in [3.05, 3.63) is 445 Å². The normalized spacial score (nSPS) is 16.0. The van der Waals surface area contributed by atoms with Gasteiger partial charge in [-0.05, 0) is 221 Å². The van der Waals surface area contributed by atoms with E-state index in [2.05, 4.69) is 114 Å². The number of carbonyl (C=O) groups is 12. The first-order chi connectivity index (χ1) is 72.0. The average Bonchev–Trinajstić information content (AvgIpc) is 1.63. The Morgan fingerprint density at radius 3 is 0.900 bits per heavy atom. The third-order valence-corrected chi connectivity index (χ3v) is 25.7. The van der Waals surface area contributed by atoms with Crippen LogP contribution in [0.2, 0.25) is 0 Å². The molecule has 4 heterocycles. The Balaban J connectivity index is 0.000000151. The van der Waals surface area contributed by atoms with E-state index < -0.39 is 120 Å². The first kappa shape index (κ1) is 107. The van der Waals surface area contributed by atoms with E-state index in [1.165, 1.54) is 60.7 Å². The lowest BCUT2D eigenvalue weighted by atomic mass is 10.0. The summed E-state index contributed by atoms with van der Waals surface area (Å²) in [4.78, 5) is 184. The van der Waals surface area contributed by atoms with E-state index in [1.807, 2.05) is 42.5 Å². The number of carboxylic acid groups (broad SMARTS) is 1. The number of esters is 3. The summed E-state index contributed by atoms with van der Waals surface area (Å²) < 4.78 is 72.4. The van der Waals surface area contributed by atoms with Crippen molar-refractivity contribution in [2.75, 3.05) is 6.61 Å². The highest BCUT2D eigenvalue weighted by Gasteiger charge is 2.41. The van der Waals surface area contributed by atoms with Crippen molar-refractivity contribution in [3.8, 4) is 0 Å². The van der Waals surface area contributed by atoms with Gasteiger partial charge >= 0.3 is 23.9 Å². The van der Waals surface area contributed by atoms with Crippen molar-refractivity contribution < 1.29 is 105 Å². The van der Waals surface area contributed by atoms with Gasteiger partial charge in [0.15, 0.2) is 0 Å².